The zero-order valence-corrected chi connectivity index (χ0v) is 20.4. The van der Waals surface area contributed by atoms with E-state index < -0.39 is 28.5 Å². The highest BCUT2D eigenvalue weighted by atomic mass is 32.2. The molecule has 2 aromatic carbocycles. The van der Waals surface area contributed by atoms with Gasteiger partial charge in [0.1, 0.15) is 5.76 Å². The predicted molar refractivity (Wildman–Crippen MR) is 133 cm³/mol. The first kappa shape index (κ1) is 25.9. The lowest BCUT2D eigenvalue weighted by molar-refractivity contribution is -0.142. The number of para-hydroxylation sites is 1. The Hall–Kier alpha value is -3.69. The second-order valence-corrected chi connectivity index (χ2v) is 9.39. The molecule has 0 spiro atoms. The Morgan fingerprint density at radius 1 is 0.971 bits per heavy atom. The fourth-order valence-electron chi connectivity index (χ4n) is 3.35. The van der Waals surface area contributed by atoms with E-state index in [2.05, 4.69) is 10.0 Å². The van der Waals surface area contributed by atoms with Crippen molar-refractivity contribution in [1.29, 1.82) is 0 Å². The van der Waals surface area contributed by atoms with Gasteiger partial charge < -0.3 is 14.5 Å². The van der Waals surface area contributed by atoms with Crippen LogP contribution in [0.25, 0.3) is 6.08 Å². The molecule has 0 aliphatic carbocycles. The Kier molecular flexibility index (Phi) is 8.99. The maximum atomic E-state index is 12.4. The molecule has 0 bridgehead atoms. The van der Waals surface area contributed by atoms with Crippen LogP contribution in [-0.2, 0) is 43.7 Å². The fraction of sp³-hybridized carbons (Fsp3) is 0.231. The smallest absolute Gasteiger partial charge is 0.331 e. The molecule has 0 saturated heterocycles. The Morgan fingerprint density at radius 2 is 1.66 bits per heavy atom. The van der Waals surface area contributed by atoms with E-state index in [1.165, 1.54) is 30.5 Å². The molecule has 3 aromatic rings. The van der Waals surface area contributed by atoms with Gasteiger partial charge in [0.05, 0.1) is 17.7 Å². The van der Waals surface area contributed by atoms with Gasteiger partial charge in [-0.1, -0.05) is 44.2 Å². The third-order valence-electron chi connectivity index (χ3n) is 5.23. The number of sulfonamides is 1. The van der Waals surface area contributed by atoms with Gasteiger partial charge in [0, 0.05) is 11.8 Å². The zero-order valence-electron chi connectivity index (χ0n) is 19.6. The predicted octanol–water partition coefficient (Wildman–Crippen LogP) is 4.08. The summed E-state index contributed by atoms with van der Waals surface area (Å²) in [6.07, 6.45) is 5.67. The van der Waals surface area contributed by atoms with E-state index >= 15 is 0 Å². The lowest BCUT2D eigenvalue weighted by atomic mass is 10.0. The second kappa shape index (κ2) is 12.1. The number of carbonyl (C=O) groups is 2. The highest BCUT2D eigenvalue weighted by Crippen LogP contribution is 2.22. The van der Waals surface area contributed by atoms with Crippen molar-refractivity contribution in [2.75, 3.05) is 11.9 Å². The number of carbonyl (C=O) groups excluding carboxylic acids is 2. The highest BCUT2D eigenvalue weighted by Gasteiger charge is 2.14. The normalized spacial score (nSPS) is 11.5. The summed E-state index contributed by atoms with van der Waals surface area (Å²) in [5.74, 6) is -0.601. The zero-order chi connectivity index (χ0) is 25.3. The lowest BCUT2D eigenvalue weighted by Crippen LogP contribution is -2.22. The van der Waals surface area contributed by atoms with E-state index in [4.69, 9.17) is 9.15 Å². The fourth-order valence-corrected chi connectivity index (χ4v) is 4.34. The minimum Gasteiger partial charge on any atom is -0.468 e. The van der Waals surface area contributed by atoms with E-state index in [9.17, 15) is 18.0 Å². The largest absolute Gasteiger partial charge is 0.468 e. The van der Waals surface area contributed by atoms with Crippen LogP contribution in [0.3, 0.4) is 0 Å². The van der Waals surface area contributed by atoms with Crippen molar-refractivity contribution in [3.63, 3.8) is 0 Å². The Labute approximate surface area is 205 Å². The number of ether oxygens (including phenoxy) is 1. The van der Waals surface area contributed by atoms with E-state index in [0.29, 0.717) is 11.3 Å². The SMILES string of the molecule is CCc1cccc(CC)c1NC(=O)COC(=O)/C=C/c1ccc(S(=O)(=O)NCc2ccco2)cc1. The maximum absolute atomic E-state index is 12.4. The molecular formula is C26H28N2O6S. The highest BCUT2D eigenvalue weighted by molar-refractivity contribution is 7.89. The third kappa shape index (κ3) is 7.40. The average molecular weight is 497 g/mol. The monoisotopic (exact) mass is 496 g/mol. The number of nitrogens with one attached hydrogen (secondary N) is 2. The summed E-state index contributed by atoms with van der Waals surface area (Å²) in [5.41, 5.74) is 3.40. The molecule has 9 heteroatoms. The number of rotatable bonds is 11. The van der Waals surface area contributed by atoms with Crippen LogP contribution in [0.5, 0.6) is 0 Å². The van der Waals surface area contributed by atoms with E-state index in [1.54, 1.807) is 24.3 Å². The number of esters is 1. The molecule has 0 aliphatic rings. The van der Waals surface area contributed by atoms with Crippen LogP contribution in [0.15, 0.2) is 76.2 Å². The van der Waals surface area contributed by atoms with Crippen LogP contribution in [0.4, 0.5) is 5.69 Å². The van der Waals surface area contributed by atoms with Crippen molar-refractivity contribution in [1.82, 2.24) is 4.72 Å². The average Bonchev–Trinajstić information content (AvgIpc) is 3.39. The van der Waals surface area contributed by atoms with E-state index in [-0.39, 0.29) is 11.4 Å². The molecule has 35 heavy (non-hydrogen) atoms. The topological polar surface area (TPSA) is 115 Å². The third-order valence-corrected chi connectivity index (χ3v) is 6.64. The molecule has 0 radical (unpaired) electrons. The number of hydrogen-bond donors (Lipinski definition) is 2. The van der Waals surface area contributed by atoms with Crippen LogP contribution in [0.2, 0.25) is 0 Å². The van der Waals surface area contributed by atoms with Gasteiger partial charge >= 0.3 is 5.97 Å². The summed E-state index contributed by atoms with van der Waals surface area (Å²) < 4.78 is 37.4. The maximum Gasteiger partial charge on any atom is 0.331 e. The molecule has 2 N–H and O–H groups in total. The molecule has 0 atom stereocenters. The molecule has 1 amide bonds. The number of benzene rings is 2. The van der Waals surface area contributed by atoms with Crippen molar-refractivity contribution in [3.8, 4) is 0 Å². The second-order valence-electron chi connectivity index (χ2n) is 7.62. The molecule has 0 fully saturated rings. The van der Waals surface area contributed by atoms with Crippen molar-refractivity contribution in [2.24, 2.45) is 0 Å². The molecule has 0 unspecified atom stereocenters. The van der Waals surface area contributed by atoms with Crippen LogP contribution in [0.1, 0.15) is 36.3 Å². The van der Waals surface area contributed by atoms with Gasteiger partial charge in [0.25, 0.3) is 5.91 Å². The Balaban J connectivity index is 1.51. The summed E-state index contributed by atoms with van der Waals surface area (Å²) >= 11 is 0. The standard InChI is InChI=1S/C26H28N2O6S/c1-3-20-7-5-8-21(4-2)26(20)28-24(29)18-34-25(30)15-12-19-10-13-23(14-11-19)35(31,32)27-17-22-9-6-16-33-22/h5-16,27H,3-4,17-18H2,1-2H3,(H,28,29)/b15-12+. The van der Waals surface area contributed by atoms with Crippen LogP contribution >= 0.6 is 0 Å². The molecular weight excluding hydrogens is 468 g/mol. The van der Waals surface area contributed by atoms with Crippen molar-refractivity contribution < 1.29 is 27.2 Å². The van der Waals surface area contributed by atoms with Crippen LogP contribution in [0, 0.1) is 0 Å². The van der Waals surface area contributed by atoms with Gasteiger partial charge in [-0.25, -0.2) is 17.9 Å². The Bertz CT molecular complexity index is 1260. The van der Waals surface area contributed by atoms with Gasteiger partial charge in [-0.2, -0.15) is 0 Å². The van der Waals surface area contributed by atoms with Crippen molar-refractivity contribution >= 4 is 33.7 Å². The quantitative estimate of drug-likeness (QED) is 0.305. The first-order valence-corrected chi connectivity index (χ1v) is 12.7. The summed E-state index contributed by atoms with van der Waals surface area (Å²) in [4.78, 5) is 24.4. The number of hydrogen-bond acceptors (Lipinski definition) is 6. The van der Waals surface area contributed by atoms with Crippen molar-refractivity contribution in [2.45, 2.75) is 38.1 Å². The molecule has 8 nitrogen and oxygen atoms in total. The molecule has 1 heterocycles. The van der Waals surface area contributed by atoms with Gasteiger partial charge in [-0.05, 0) is 59.9 Å². The first-order chi connectivity index (χ1) is 16.8. The molecule has 184 valence electrons. The van der Waals surface area contributed by atoms with Gasteiger partial charge in [0.2, 0.25) is 10.0 Å². The molecule has 3 rings (SSSR count). The van der Waals surface area contributed by atoms with Crippen LogP contribution in [-0.4, -0.2) is 26.9 Å². The number of amides is 1. The lowest BCUT2D eigenvalue weighted by Gasteiger charge is -2.14. The first-order valence-electron chi connectivity index (χ1n) is 11.2. The summed E-state index contributed by atoms with van der Waals surface area (Å²) in [7, 11) is -3.71. The van der Waals surface area contributed by atoms with Crippen molar-refractivity contribution in [3.05, 3.63) is 89.4 Å². The number of anilines is 1. The van der Waals surface area contributed by atoms with Crippen LogP contribution < -0.4 is 10.0 Å². The Morgan fingerprint density at radius 3 is 2.26 bits per heavy atom. The van der Waals surface area contributed by atoms with Gasteiger partial charge in [0.15, 0.2) is 6.61 Å². The summed E-state index contributed by atoms with van der Waals surface area (Å²) in [6, 6.07) is 15.2. The van der Waals surface area contributed by atoms with Gasteiger partial charge in [-0.15, -0.1) is 0 Å². The number of furan rings is 1. The summed E-state index contributed by atoms with van der Waals surface area (Å²) in [6.45, 7) is 3.65. The minimum atomic E-state index is -3.71. The molecule has 1 aromatic heterocycles. The molecule has 0 aliphatic heterocycles. The minimum absolute atomic E-state index is 0.0419. The van der Waals surface area contributed by atoms with E-state index in [0.717, 1.165) is 29.7 Å². The summed E-state index contributed by atoms with van der Waals surface area (Å²) in [5, 5.41) is 2.84. The van der Waals surface area contributed by atoms with E-state index in [1.807, 2.05) is 32.0 Å². The van der Waals surface area contributed by atoms with Gasteiger partial charge in [-0.3, -0.25) is 4.79 Å². The number of aryl methyl sites for hydroxylation is 2. The molecule has 0 saturated carbocycles.